The second-order valence-corrected chi connectivity index (χ2v) is 4.07. The molecule has 8 heteroatoms. The Bertz CT molecular complexity index is 708. The Labute approximate surface area is 125 Å². The van der Waals surface area contributed by atoms with Gasteiger partial charge in [0.05, 0.1) is 37.2 Å². The van der Waals surface area contributed by atoms with Gasteiger partial charge in [0.2, 0.25) is 5.76 Å². The lowest BCUT2D eigenvalue weighted by molar-refractivity contribution is 0.0587. The van der Waals surface area contributed by atoms with E-state index in [1.165, 1.54) is 44.7 Å². The molecule has 2 rings (SSSR count). The van der Waals surface area contributed by atoms with Crippen LogP contribution in [0.2, 0.25) is 0 Å². The topological polar surface area (TPSA) is 108 Å². The van der Waals surface area contributed by atoms with Crippen molar-refractivity contribution >= 4 is 23.5 Å². The molecule has 0 atom stereocenters. The van der Waals surface area contributed by atoms with Crippen LogP contribution in [-0.2, 0) is 9.47 Å². The van der Waals surface area contributed by atoms with E-state index in [2.05, 4.69) is 19.9 Å². The van der Waals surface area contributed by atoms with Crippen LogP contribution in [0.5, 0.6) is 0 Å². The van der Waals surface area contributed by atoms with E-state index in [9.17, 15) is 14.4 Å². The molecule has 0 spiro atoms. The molecule has 0 bridgehead atoms. The van der Waals surface area contributed by atoms with Gasteiger partial charge in [0, 0.05) is 6.07 Å². The summed E-state index contributed by atoms with van der Waals surface area (Å²) in [6, 6.07) is 5.42. The molecule has 0 aliphatic carbocycles. The van der Waals surface area contributed by atoms with E-state index in [0.29, 0.717) is 0 Å². The normalized spacial score (nSPS) is 9.91. The second kappa shape index (κ2) is 6.53. The lowest BCUT2D eigenvalue weighted by Crippen LogP contribution is -2.16. The van der Waals surface area contributed by atoms with E-state index in [1.807, 2.05) is 0 Å². The van der Waals surface area contributed by atoms with Crippen LogP contribution in [0.25, 0.3) is 0 Å². The van der Waals surface area contributed by atoms with Crippen LogP contribution in [0.15, 0.2) is 35.0 Å². The number of ether oxygens (including phenoxy) is 2. The summed E-state index contributed by atoms with van der Waals surface area (Å²) in [5.74, 6) is -1.93. The summed E-state index contributed by atoms with van der Waals surface area (Å²) < 4.78 is 14.0. The molecule has 1 aromatic heterocycles. The van der Waals surface area contributed by atoms with Crippen molar-refractivity contribution in [2.24, 2.45) is 0 Å². The number of rotatable bonds is 4. The van der Waals surface area contributed by atoms with E-state index in [0.717, 1.165) is 0 Å². The van der Waals surface area contributed by atoms with Gasteiger partial charge in [-0.05, 0) is 18.2 Å². The SMILES string of the molecule is COC(=O)c1ccc(C(=O)OC)c(NC(=O)c2ccno2)c1. The maximum Gasteiger partial charge on any atom is 0.339 e. The molecule has 1 N–H and O–H groups in total. The average Bonchev–Trinajstić information content (AvgIpc) is 3.07. The Morgan fingerprint density at radius 1 is 1.09 bits per heavy atom. The summed E-state index contributed by atoms with van der Waals surface area (Å²) in [5, 5.41) is 5.88. The number of amides is 1. The number of carbonyl (C=O) groups is 3. The molecule has 1 aromatic carbocycles. The first-order valence-corrected chi connectivity index (χ1v) is 6.09. The van der Waals surface area contributed by atoms with Crippen molar-refractivity contribution in [3.8, 4) is 0 Å². The van der Waals surface area contributed by atoms with Gasteiger partial charge in [-0.25, -0.2) is 9.59 Å². The fraction of sp³-hybridized carbons (Fsp3) is 0.143. The molecule has 0 unspecified atom stereocenters. The van der Waals surface area contributed by atoms with Gasteiger partial charge >= 0.3 is 11.9 Å². The molecule has 0 saturated carbocycles. The predicted molar refractivity (Wildman–Crippen MR) is 73.6 cm³/mol. The van der Waals surface area contributed by atoms with E-state index in [-0.39, 0.29) is 22.6 Å². The van der Waals surface area contributed by atoms with Gasteiger partial charge in [0.25, 0.3) is 5.91 Å². The lowest BCUT2D eigenvalue weighted by Gasteiger charge is -2.10. The van der Waals surface area contributed by atoms with Crippen molar-refractivity contribution in [3.05, 3.63) is 47.3 Å². The predicted octanol–water partition coefficient (Wildman–Crippen LogP) is 1.50. The van der Waals surface area contributed by atoms with Crippen LogP contribution in [-0.4, -0.2) is 37.2 Å². The molecule has 0 aliphatic rings. The van der Waals surface area contributed by atoms with Gasteiger partial charge in [-0.1, -0.05) is 5.16 Å². The minimum Gasteiger partial charge on any atom is -0.465 e. The highest BCUT2D eigenvalue weighted by atomic mass is 16.5. The number of hydrogen-bond donors (Lipinski definition) is 1. The number of methoxy groups -OCH3 is 2. The summed E-state index contributed by atoms with van der Waals surface area (Å²) >= 11 is 0. The third-order valence-electron chi connectivity index (χ3n) is 2.76. The minimum absolute atomic E-state index is 0.0423. The van der Waals surface area contributed by atoms with Crippen LogP contribution in [0, 0.1) is 0 Å². The maximum absolute atomic E-state index is 12.0. The van der Waals surface area contributed by atoms with Gasteiger partial charge < -0.3 is 19.3 Å². The van der Waals surface area contributed by atoms with Crippen LogP contribution in [0.1, 0.15) is 31.3 Å². The van der Waals surface area contributed by atoms with Crippen molar-refractivity contribution in [2.75, 3.05) is 19.5 Å². The number of esters is 2. The first-order valence-electron chi connectivity index (χ1n) is 6.09. The van der Waals surface area contributed by atoms with Crippen molar-refractivity contribution in [1.82, 2.24) is 5.16 Å². The van der Waals surface area contributed by atoms with E-state index >= 15 is 0 Å². The monoisotopic (exact) mass is 304 g/mol. The van der Waals surface area contributed by atoms with Crippen LogP contribution in [0.3, 0.4) is 0 Å². The Morgan fingerprint density at radius 2 is 1.82 bits per heavy atom. The fourth-order valence-corrected chi connectivity index (χ4v) is 1.70. The maximum atomic E-state index is 12.0. The quantitative estimate of drug-likeness (QED) is 0.853. The number of anilines is 1. The molecule has 1 heterocycles. The first kappa shape index (κ1) is 15.2. The van der Waals surface area contributed by atoms with Gasteiger partial charge in [-0.2, -0.15) is 0 Å². The largest absolute Gasteiger partial charge is 0.465 e. The van der Waals surface area contributed by atoms with E-state index in [1.54, 1.807) is 0 Å². The smallest absolute Gasteiger partial charge is 0.339 e. The molecule has 22 heavy (non-hydrogen) atoms. The number of nitrogens with one attached hydrogen (secondary N) is 1. The molecule has 8 nitrogen and oxygen atoms in total. The number of benzene rings is 1. The summed E-state index contributed by atoms with van der Waals surface area (Å²) in [7, 11) is 2.43. The van der Waals surface area contributed by atoms with Crippen molar-refractivity contribution in [3.63, 3.8) is 0 Å². The molecule has 0 fully saturated rings. The highest BCUT2D eigenvalue weighted by molar-refractivity contribution is 6.07. The number of aromatic nitrogens is 1. The Morgan fingerprint density at radius 3 is 2.41 bits per heavy atom. The zero-order chi connectivity index (χ0) is 16.1. The van der Waals surface area contributed by atoms with E-state index in [4.69, 9.17) is 4.52 Å². The van der Waals surface area contributed by atoms with Crippen LogP contribution < -0.4 is 5.32 Å². The van der Waals surface area contributed by atoms with Gasteiger partial charge in [-0.3, -0.25) is 4.79 Å². The average molecular weight is 304 g/mol. The van der Waals surface area contributed by atoms with E-state index < -0.39 is 17.8 Å². The summed E-state index contributed by atoms with van der Waals surface area (Å²) in [5.41, 5.74) is 0.349. The molecule has 2 aromatic rings. The lowest BCUT2D eigenvalue weighted by atomic mass is 10.1. The van der Waals surface area contributed by atoms with Crippen molar-refractivity contribution in [2.45, 2.75) is 0 Å². The summed E-state index contributed by atoms with van der Waals surface area (Å²) in [4.78, 5) is 35.3. The molecule has 0 radical (unpaired) electrons. The first-order chi connectivity index (χ1) is 10.6. The number of hydrogen-bond acceptors (Lipinski definition) is 7. The summed E-state index contributed by atoms with van der Waals surface area (Å²) in [6.45, 7) is 0. The molecule has 0 aliphatic heterocycles. The molecule has 0 saturated heterocycles. The number of carbonyl (C=O) groups excluding carboxylic acids is 3. The van der Waals surface area contributed by atoms with Crippen molar-refractivity contribution < 1.29 is 28.4 Å². The zero-order valence-electron chi connectivity index (χ0n) is 11.8. The highest BCUT2D eigenvalue weighted by Gasteiger charge is 2.19. The van der Waals surface area contributed by atoms with Gasteiger partial charge in [-0.15, -0.1) is 0 Å². The standard InChI is InChI=1S/C14H12N2O6/c1-20-13(18)8-3-4-9(14(19)21-2)10(7-8)16-12(17)11-5-6-15-22-11/h3-7H,1-2H3,(H,16,17). The number of nitrogens with zero attached hydrogens (tertiary/aromatic N) is 1. The van der Waals surface area contributed by atoms with Gasteiger partial charge in [0.1, 0.15) is 0 Å². The highest BCUT2D eigenvalue weighted by Crippen LogP contribution is 2.20. The van der Waals surface area contributed by atoms with Gasteiger partial charge in [0.15, 0.2) is 0 Å². The van der Waals surface area contributed by atoms with Crippen molar-refractivity contribution in [1.29, 1.82) is 0 Å². The van der Waals surface area contributed by atoms with Crippen LogP contribution in [0.4, 0.5) is 5.69 Å². The zero-order valence-corrected chi connectivity index (χ0v) is 11.8. The Balaban J connectivity index is 2.38. The second-order valence-electron chi connectivity index (χ2n) is 4.07. The molecular formula is C14H12N2O6. The minimum atomic E-state index is -0.663. The molecular weight excluding hydrogens is 292 g/mol. The Hall–Kier alpha value is -3.16. The third-order valence-corrected chi connectivity index (χ3v) is 2.76. The Kier molecular flexibility index (Phi) is 4.52. The third kappa shape index (κ3) is 3.11. The summed E-state index contributed by atoms with van der Waals surface area (Å²) in [6.07, 6.45) is 1.31. The molecule has 1 amide bonds. The fourth-order valence-electron chi connectivity index (χ4n) is 1.70. The van der Waals surface area contributed by atoms with Crippen LogP contribution >= 0.6 is 0 Å². The molecule has 114 valence electrons.